The van der Waals surface area contributed by atoms with Crippen molar-refractivity contribution in [3.63, 3.8) is 0 Å². The molecular weight excluding hydrogens is 280 g/mol. The number of benzene rings is 1. The van der Waals surface area contributed by atoms with E-state index in [1.54, 1.807) is 6.07 Å². The monoisotopic (exact) mass is 296 g/mol. The molecule has 106 valence electrons. The molecule has 0 aliphatic heterocycles. The summed E-state index contributed by atoms with van der Waals surface area (Å²) in [6, 6.07) is 12.1. The standard InChI is InChI=1S/C17H16N2OS/c1-12(2)13-5-7-14(8-6-13)16-11-21-17(18-16)19-9-3-4-15(19)10-20/h3-12H,1-2H3. The molecule has 2 aromatic heterocycles. The summed E-state index contributed by atoms with van der Waals surface area (Å²) < 4.78 is 1.81. The van der Waals surface area contributed by atoms with Gasteiger partial charge in [0.2, 0.25) is 0 Å². The van der Waals surface area contributed by atoms with Crippen LogP contribution in [-0.4, -0.2) is 15.8 Å². The number of carbonyl (C=O) groups is 1. The highest BCUT2D eigenvalue weighted by Crippen LogP contribution is 2.26. The SMILES string of the molecule is CC(C)c1ccc(-c2csc(-n3cccc3C=O)n2)cc1. The summed E-state index contributed by atoms with van der Waals surface area (Å²) in [5, 5.41) is 2.83. The van der Waals surface area contributed by atoms with Gasteiger partial charge in [0.1, 0.15) is 0 Å². The maximum absolute atomic E-state index is 11.0. The van der Waals surface area contributed by atoms with E-state index in [0.29, 0.717) is 11.6 Å². The van der Waals surface area contributed by atoms with Crippen LogP contribution in [0.3, 0.4) is 0 Å². The molecule has 1 aromatic carbocycles. The van der Waals surface area contributed by atoms with Crippen molar-refractivity contribution in [3.05, 3.63) is 59.2 Å². The lowest BCUT2D eigenvalue weighted by Crippen LogP contribution is -1.96. The maximum Gasteiger partial charge on any atom is 0.194 e. The van der Waals surface area contributed by atoms with E-state index in [2.05, 4.69) is 43.1 Å². The molecule has 0 saturated carbocycles. The maximum atomic E-state index is 11.0. The molecule has 2 heterocycles. The van der Waals surface area contributed by atoms with Crippen LogP contribution >= 0.6 is 11.3 Å². The average Bonchev–Trinajstić information content (AvgIpc) is 3.15. The molecule has 4 heteroatoms. The lowest BCUT2D eigenvalue weighted by Gasteiger charge is -2.05. The quantitative estimate of drug-likeness (QED) is 0.663. The Hall–Kier alpha value is -2.20. The van der Waals surface area contributed by atoms with Crippen molar-refractivity contribution in [2.24, 2.45) is 0 Å². The molecule has 0 bridgehead atoms. The average molecular weight is 296 g/mol. The number of aldehydes is 1. The summed E-state index contributed by atoms with van der Waals surface area (Å²) in [7, 11) is 0. The molecule has 0 atom stereocenters. The fraction of sp³-hybridized carbons (Fsp3) is 0.176. The summed E-state index contributed by atoms with van der Waals surface area (Å²) in [5.74, 6) is 0.528. The minimum atomic E-state index is 0.528. The lowest BCUT2D eigenvalue weighted by molar-refractivity contribution is 0.111. The van der Waals surface area contributed by atoms with Crippen LogP contribution < -0.4 is 0 Å². The molecule has 0 fully saturated rings. The van der Waals surface area contributed by atoms with Gasteiger partial charge in [-0.15, -0.1) is 11.3 Å². The molecule has 0 unspecified atom stereocenters. The second-order valence-corrected chi connectivity index (χ2v) is 6.05. The highest BCUT2D eigenvalue weighted by Gasteiger charge is 2.09. The van der Waals surface area contributed by atoms with Crippen molar-refractivity contribution in [3.8, 4) is 16.4 Å². The third kappa shape index (κ3) is 2.67. The van der Waals surface area contributed by atoms with Crippen molar-refractivity contribution in [2.45, 2.75) is 19.8 Å². The molecule has 21 heavy (non-hydrogen) atoms. The number of hydrogen-bond acceptors (Lipinski definition) is 3. The highest BCUT2D eigenvalue weighted by atomic mass is 32.1. The first-order valence-corrected chi connectivity index (χ1v) is 7.76. The van der Waals surface area contributed by atoms with Crippen LogP contribution in [0, 0.1) is 0 Å². The van der Waals surface area contributed by atoms with Gasteiger partial charge in [0.25, 0.3) is 0 Å². The predicted molar refractivity (Wildman–Crippen MR) is 86.4 cm³/mol. The normalized spacial score (nSPS) is 11.0. The van der Waals surface area contributed by atoms with E-state index in [4.69, 9.17) is 0 Å². The zero-order valence-electron chi connectivity index (χ0n) is 12.0. The third-order valence-corrected chi connectivity index (χ3v) is 4.31. The van der Waals surface area contributed by atoms with Crippen LogP contribution in [0.1, 0.15) is 35.8 Å². The lowest BCUT2D eigenvalue weighted by atomic mass is 10.0. The molecule has 0 radical (unpaired) electrons. The van der Waals surface area contributed by atoms with Gasteiger partial charge in [0, 0.05) is 17.1 Å². The fourth-order valence-electron chi connectivity index (χ4n) is 2.21. The first-order valence-electron chi connectivity index (χ1n) is 6.88. The molecule has 3 aromatic rings. The second kappa shape index (κ2) is 5.66. The summed E-state index contributed by atoms with van der Waals surface area (Å²) >= 11 is 1.54. The van der Waals surface area contributed by atoms with Crippen LogP contribution in [0.4, 0.5) is 0 Å². The van der Waals surface area contributed by atoms with Crippen molar-refractivity contribution < 1.29 is 4.79 Å². The molecular formula is C17H16N2OS. The Balaban J connectivity index is 1.93. The topological polar surface area (TPSA) is 34.9 Å². The van der Waals surface area contributed by atoms with Crippen LogP contribution in [0.25, 0.3) is 16.4 Å². The smallest absolute Gasteiger partial charge is 0.194 e. The number of nitrogens with zero attached hydrogens (tertiary/aromatic N) is 2. The molecule has 3 nitrogen and oxygen atoms in total. The van der Waals surface area contributed by atoms with Crippen molar-refractivity contribution in [2.75, 3.05) is 0 Å². The summed E-state index contributed by atoms with van der Waals surface area (Å²) in [5.41, 5.74) is 3.98. The largest absolute Gasteiger partial charge is 0.296 e. The highest BCUT2D eigenvalue weighted by molar-refractivity contribution is 7.12. The van der Waals surface area contributed by atoms with E-state index in [9.17, 15) is 4.79 Å². The van der Waals surface area contributed by atoms with Gasteiger partial charge in [0.05, 0.1) is 11.4 Å². The Bertz CT molecular complexity index is 753. The Morgan fingerprint density at radius 3 is 2.62 bits per heavy atom. The van der Waals surface area contributed by atoms with Crippen molar-refractivity contribution in [1.29, 1.82) is 0 Å². The second-order valence-electron chi connectivity index (χ2n) is 5.21. The van der Waals surface area contributed by atoms with Gasteiger partial charge < -0.3 is 0 Å². The van der Waals surface area contributed by atoms with Crippen LogP contribution in [0.5, 0.6) is 0 Å². The first kappa shape index (κ1) is 13.8. The van der Waals surface area contributed by atoms with Crippen LogP contribution in [0.15, 0.2) is 48.0 Å². The molecule has 0 spiro atoms. The number of aromatic nitrogens is 2. The summed E-state index contributed by atoms with van der Waals surface area (Å²) in [4.78, 5) is 15.6. The van der Waals surface area contributed by atoms with Gasteiger partial charge in [-0.1, -0.05) is 38.1 Å². The van der Waals surface area contributed by atoms with Gasteiger partial charge in [-0.2, -0.15) is 0 Å². The molecule has 0 amide bonds. The predicted octanol–water partition coefficient (Wildman–Crippen LogP) is 4.54. The van der Waals surface area contributed by atoms with Crippen LogP contribution in [-0.2, 0) is 0 Å². The summed E-state index contributed by atoms with van der Waals surface area (Å²) in [6.07, 6.45) is 2.70. The van der Waals surface area contributed by atoms with Crippen LogP contribution in [0.2, 0.25) is 0 Å². The number of carbonyl (C=O) groups excluding carboxylic acids is 1. The minimum Gasteiger partial charge on any atom is -0.296 e. The van der Waals surface area contributed by atoms with E-state index < -0.39 is 0 Å². The zero-order chi connectivity index (χ0) is 14.8. The fourth-order valence-corrected chi connectivity index (χ4v) is 3.05. The van der Waals surface area contributed by atoms with Gasteiger partial charge >= 0.3 is 0 Å². The van der Waals surface area contributed by atoms with Gasteiger partial charge in [-0.25, -0.2) is 4.98 Å². The first-order chi connectivity index (χ1) is 10.2. The van der Waals surface area contributed by atoms with E-state index in [0.717, 1.165) is 22.7 Å². The third-order valence-electron chi connectivity index (χ3n) is 3.47. The zero-order valence-corrected chi connectivity index (χ0v) is 12.8. The van der Waals surface area contributed by atoms with Gasteiger partial charge in [-0.3, -0.25) is 9.36 Å². The van der Waals surface area contributed by atoms with E-state index in [1.807, 2.05) is 22.2 Å². The van der Waals surface area contributed by atoms with Crippen molar-refractivity contribution in [1.82, 2.24) is 9.55 Å². The van der Waals surface area contributed by atoms with Crippen molar-refractivity contribution >= 4 is 17.6 Å². The number of rotatable bonds is 4. The minimum absolute atomic E-state index is 0.528. The molecule has 0 N–H and O–H groups in total. The Kier molecular flexibility index (Phi) is 3.71. The Morgan fingerprint density at radius 1 is 1.19 bits per heavy atom. The van der Waals surface area contributed by atoms with Gasteiger partial charge in [-0.05, 0) is 23.6 Å². The number of thiazole rings is 1. The van der Waals surface area contributed by atoms with E-state index in [-0.39, 0.29) is 0 Å². The molecule has 0 aliphatic rings. The molecule has 0 saturated heterocycles. The Morgan fingerprint density at radius 2 is 1.95 bits per heavy atom. The number of hydrogen-bond donors (Lipinski definition) is 0. The molecule has 0 aliphatic carbocycles. The Labute approximate surface area is 127 Å². The van der Waals surface area contributed by atoms with Gasteiger partial charge in [0.15, 0.2) is 11.4 Å². The summed E-state index contributed by atoms with van der Waals surface area (Å²) in [6.45, 7) is 4.37. The molecule has 3 rings (SSSR count). The van der Waals surface area contributed by atoms with E-state index in [1.165, 1.54) is 16.9 Å². The van der Waals surface area contributed by atoms with E-state index >= 15 is 0 Å².